The number of anilines is 1. The Morgan fingerprint density at radius 2 is 1.81 bits per heavy atom. The minimum absolute atomic E-state index is 0.0356. The smallest absolute Gasteiger partial charge is 0.149 e. The molecule has 0 radical (unpaired) electrons. The molecule has 0 aliphatic rings. The van der Waals surface area contributed by atoms with Crippen molar-refractivity contribution >= 4 is 5.69 Å². The summed E-state index contributed by atoms with van der Waals surface area (Å²) in [6.45, 7) is 3.50. The molecular formula is C12H17F2NO. The quantitative estimate of drug-likeness (QED) is 0.858. The van der Waals surface area contributed by atoms with Gasteiger partial charge >= 0.3 is 0 Å². The van der Waals surface area contributed by atoms with Crippen LogP contribution in [0.4, 0.5) is 14.5 Å². The molecule has 4 heteroatoms. The Kier molecular flexibility index (Phi) is 4.24. The number of benzene rings is 1. The molecule has 0 saturated heterocycles. The molecule has 2 nitrogen and oxygen atoms in total. The van der Waals surface area contributed by atoms with Gasteiger partial charge in [-0.1, -0.05) is 6.92 Å². The summed E-state index contributed by atoms with van der Waals surface area (Å²) < 4.78 is 27.3. The maximum absolute atomic E-state index is 13.7. The Morgan fingerprint density at radius 3 is 2.19 bits per heavy atom. The number of nitrogens with zero attached hydrogens (tertiary/aromatic N) is 1. The molecule has 0 heterocycles. The van der Waals surface area contributed by atoms with Crippen molar-refractivity contribution in [2.75, 3.05) is 11.9 Å². The van der Waals surface area contributed by atoms with Gasteiger partial charge in [0.25, 0.3) is 0 Å². The van der Waals surface area contributed by atoms with Crippen molar-refractivity contribution in [3.05, 3.63) is 29.3 Å². The van der Waals surface area contributed by atoms with Gasteiger partial charge in [-0.15, -0.1) is 0 Å². The van der Waals surface area contributed by atoms with Crippen molar-refractivity contribution in [1.82, 2.24) is 0 Å². The third-order valence-electron chi connectivity index (χ3n) is 2.86. The van der Waals surface area contributed by atoms with E-state index in [1.165, 1.54) is 0 Å². The molecule has 1 N–H and O–H groups in total. The fraction of sp³-hybridized carbons (Fsp3) is 0.500. The third-order valence-corrected chi connectivity index (χ3v) is 2.86. The maximum Gasteiger partial charge on any atom is 0.149 e. The van der Waals surface area contributed by atoms with E-state index in [0.29, 0.717) is 0 Å². The van der Waals surface area contributed by atoms with E-state index in [1.54, 1.807) is 11.9 Å². The van der Waals surface area contributed by atoms with E-state index >= 15 is 0 Å². The second-order valence-electron chi connectivity index (χ2n) is 3.93. The summed E-state index contributed by atoms with van der Waals surface area (Å²) in [5, 5.41) is 8.82. The Bertz CT molecular complexity index is 345. The summed E-state index contributed by atoms with van der Waals surface area (Å²) in [5.41, 5.74) is 0.211. The first kappa shape index (κ1) is 12.9. The molecule has 0 bridgehead atoms. The fourth-order valence-electron chi connectivity index (χ4n) is 1.54. The highest BCUT2D eigenvalue weighted by molar-refractivity contribution is 5.50. The SMILES string of the molecule is CCC(C)N(C)c1c(F)cc(CO)cc1F. The third kappa shape index (κ3) is 2.50. The molecule has 0 spiro atoms. The van der Waals surface area contributed by atoms with Gasteiger partial charge in [-0.3, -0.25) is 0 Å². The highest BCUT2D eigenvalue weighted by atomic mass is 19.1. The number of hydrogen-bond acceptors (Lipinski definition) is 2. The molecule has 90 valence electrons. The second kappa shape index (κ2) is 5.25. The zero-order chi connectivity index (χ0) is 12.3. The maximum atomic E-state index is 13.7. The first-order valence-corrected chi connectivity index (χ1v) is 5.32. The van der Waals surface area contributed by atoms with Crippen molar-refractivity contribution < 1.29 is 13.9 Å². The molecule has 0 aromatic heterocycles. The number of rotatable bonds is 4. The van der Waals surface area contributed by atoms with Crippen LogP contribution in [0, 0.1) is 11.6 Å². The number of aliphatic hydroxyl groups excluding tert-OH is 1. The number of hydrogen-bond donors (Lipinski definition) is 1. The highest BCUT2D eigenvalue weighted by Crippen LogP contribution is 2.26. The lowest BCUT2D eigenvalue weighted by Crippen LogP contribution is -2.29. The van der Waals surface area contributed by atoms with Crippen molar-refractivity contribution in [2.45, 2.75) is 32.9 Å². The summed E-state index contributed by atoms with van der Waals surface area (Å²) in [6.07, 6.45) is 0.803. The molecule has 0 fully saturated rings. The first-order chi connectivity index (χ1) is 7.51. The van der Waals surface area contributed by atoms with Gasteiger partial charge in [0.1, 0.15) is 17.3 Å². The predicted octanol–water partition coefficient (Wildman–Crippen LogP) is 2.69. The summed E-state index contributed by atoms with van der Waals surface area (Å²) in [5.74, 6) is -1.27. The van der Waals surface area contributed by atoms with E-state index in [2.05, 4.69) is 0 Å². The monoisotopic (exact) mass is 229 g/mol. The van der Waals surface area contributed by atoms with Crippen molar-refractivity contribution in [1.29, 1.82) is 0 Å². The van der Waals surface area contributed by atoms with Gasteiger partial charge in [-0.2, -0.15) is 0 Å². The fourth-order valence-corrected chi connectivity index (χ4v) is 1.54. The molecule has 1 unspecified atom stereocenters. The minimum Gasteiger partial charge on any atom is -0.392 e. The van der Waals surface area contributed by atoms with Crippen LogP contribution in [0.25, 0.3) is 0 Å². The summed E-state index contributed by atoms with van der Waals surface area (Å²) in [7, 11) is 1.66. The lowest BCUT2D eigenvalue weighted by atomic mass is 10.1. The van der Waals surface area contributed by atoms with Gasteiger partial charge in [-0.25, -0.2) is 8.78 Å². The summed E-state index contributed by atoms with van der Waals surface area (Å²) in [4.78, 5) is 1.58. The molecule has 0 aliphatic heterocycles. The molecule has 16 heavy (non-hydrogen) atoms. The van der Waals surface area contributed by atoms with E-state index < -0.39 is 11.6 Å². The standard InChI is InChI=1S/C12H17F2NO/c1-4-8(2)15(3)12-10(13)5-9(7-16)6-11(12)14/h5-6,8,16H,4,7H2,1-3H3. The Hall–Kier alpha value is -1.16. The van der Waals surface area contributed by atoms with Crippen LogP contribution in [0.15, 0.2) is 12.1 Å². The van der Waals surface area contributed by atoms with Crippen LogP contribution in [-0.4, -0.2) is 18.2 Å². The van der Waals surface area contributed by atoms with Crippen LogP contribution < -0.4 is 4.90 Å². The lowest BCUT2D eigenvalue weighted by molar-refractivity contribution is 0.280. The summed E-state index contributed by atoms with van der Waals surface area (Å²) in [6, 6.07) is 2.39. The molecule has 0 amide bonds. The lowest BCUT2D eigenvalue weighted by Gasteiger charge is -2.27. The van der Waals surface area contributed by atoms with Crippen LogP contribution in [0.1, 0.15) is 25.8 Å². The highest BCUT2D eigenvalue weighted by Gasteiger charge is 2.18. The van der Waals surface area contributed by atoms with Gasteiger partial charge in [0.05, 0.1) is 6.61 Å². The average Bonchev–Trinajstić information content (AvgIpc) is 2.26. The molecule has 1 rings (SSSR count). The van der Waals surface area contributed by atoms with Gasteiger partial charge in [0, 0.05) is 13.1 Å². The van der Waals surface area contributed by atoms with Crippen LogP contribution in [0.3, 0.4) is 0 Å². The van der Waals surface area contributed by atoms with Crippen molar-refractivity contribution in [3.8, 4) is 0 Å². The van der Waals surface area contributed by atoms with Crippen LogP contribution in [-0.2, 0) is 6.61 Å². The van der Waals surface area contributed by atoms with Crippen LogP contribution >= 0.6 is 0 Å². The Morgan fingerprint density at radius 1 is 1.31 bits per heavy atom. The molecule has 1 atom stereocenters. The largest absolute Gasteiger partial charge is 0.392 e. The van der Waals surface area contributed by atoms with Gasteiger partial charge in [-0.05, 0) is 31.0 Å². The van der Waals surface area contributed by atoms with E-state index in [4.69, 9.17) is 5.11 Å². The topological polar surface area (TPSA) is 23.5 Å². The van der Waals surface area contributed by atoms with Gasteiger partial charge < -0.3 is 10.0 Å². The average molecular weight is 229 g/mol. The number of aliphatic hydroxyl groups is 1. The zero-order valence-corrected chi connectivity index (χ0v) is 9.80. The molecule has 1 aromatic carbocycles. The Labute approximate surface area is 94.5 Å². The van der Waals surface area contributed by atoms with E-state index in [1.807, 2.05) is 13.8 Å². The van der Waals surface area contributed by atoms with E-state index in [-0.39, 0.29) is 23.9 Å². The minimum atomic E-state index is -0.633. The first-order valence-electron chi connectivity index (χ1n) is 5.32. The van der Waals surface area contributed by atoms with Crippen molar-refractivity contribution in [3.63, 3.8) is 0 Å². The molecular weight excluding hydrogens is 212 g/mol. The van der Waals surface area contributed by atoms with Gasteiger partial charge in [0.2, 0.25) is 0 Å². The normalized spacial score (nSPS) is 12.6. The zero-order valence-electron chi connectivity index (χ0n) is 9.80. The van der Waals surface area contributed by atoms with Gasteiger partial charge in [0.15, 0.2) is 0 Å². The van der Waals surface area contributed by atoms with Crippen LogP contribution in [0.2, 0.25) is 0 Å². The predicted molar refractivity (Wildman–Crippen MR) is 60.4 cm³/mol. The van der Waals surface area contributed by atoms with E-state index in [0.717, 1.165) is 18.6 Å². The van der Waals surface area contributed by atoms with E-state index in [9.17, 15) is 8.78 Å². The van der Waals surface area contributed by atoms with Crippen molar-refractivity contribution in [2.24, 2.45) is 0 Å². The van der Waals surface area contributed by atoms with Crippen LogP contribution in [0.5, 0.6) is 0 Å². The second-order valence-corrected chi connectivity index (χ2v) is 3.93. The number of halogens is 2. The molecule has 0 saturated carbocycles. The molecule has 0 aliphatic carbocycles. The summed E-state index contributed by atoms with van der Waals surface area (Å²) >= 11 is 0. The molecule has 1 aromatic rings. The Balaban J connectivity index is 3.14.